The second-order valence-corrected chi connectivity index (χ2v) is 15.7. The van der Waals surface area contributed by atoms with Crippen LogP contribution in [-0.2, 0) is 6.42 Å². The SMILES string of the molecule is CCCCc1ccnc(-n2c3ccccc3c3ccc(Oc4cc(C(C)C)cc(-n5nc(C)c(C6C(C)=C[C@H](C)C[C@@H]6C)c5C(C)C)c4)cc32)c1. The highest BCUT2D eigenvalue weighted by Crippen LogP contribution is 2.45. The quantitative estimate of drug-likeness (QED) is 0.135. The monoisotopic (exact) mass is 678 g/mol. The van der Waals surface area contributed by atoms with Crippen molar-refractivity contribution in [3.63, 3.8) is 0 Å². The van der Waals surface area contributed by atoms with Crippen LogP contribution in [0.25, 0.3) is 33.3 Å². The van der Waals surface area contributed by atoms with Crippen LogP contribution in [0.3, 0.4) is 0 Å². The zero-order valence-electron chi connectivity index (χ0n) is 32.0. The minimum Gasteiger partial charge on any atom is -0.457 e. The molecular weight excluding hydrogens is 625 g/mol. The number of para-hydroxylation sites is 1. The van der Waals surface area contributed by atoms with Gasteiger partial charge in [-0.05, 0) is 110 Å². The van der Waals surface area contributed by atoms with Crippen molar-refractivity contribution >= 4 is 21.8 Å². The molecule has 0 radical (unpaired) electrons. The van der Waals surface area contributed by atoms with E-state index in [1.54, 1.807) is 0 Å². The predicted octanol–water partition coefficient (Wildman–Crippen LogP) is 12.8. The van der Waals surface area contributed by atoms with Crippen molar-refractivity contribution in [2.75, 3.05) is 0 Å². The fourth-order valence-corrected chi connectivity index (χ4v) is 8.63. The number of rotatable bonds is 10. The second kappa shape index (κ2) is 14.2. The lowest BCUT2D eigenvalue weighted by molar-refractivity contribution is 0.389. The smallest absolute Gasteiger partial charge is 0.137 e. The highest BCUT2D eigenvalue weighted by atomic mass is 16.5. The van der Waals surface area contributed by atoms with E-state index in [1.165, 1.54) is 58.0 Å². The standard InChI is InChI=1S/C46H54N4O/c1-10-11-14-34-19-20-47-43(23-34)49-41-16-13-12-15-39(41)40-18-17-37(27-42(40)49)51-38-25-35(28(2)3)24-36(26-38)50-46(29(4)5)45(33(9)48-50)44-31(7)21-30(6)22-32(44)8/h12-13,15-21,23-30,32,44H,10-11,14,22H2,1-9H3/t30-,32-,44?/m0/s1. The van der Waals surface area contributed by atoms with E-state index in [0.29, 0.717) is 29.6 Å². The van der Waals surface area contributed by atoms with Gasteiger partial charge in [0.2, 0.25) is 0 Å². The lowest BCUT2D eigenvalue weighted by Crippen LogP contribution is -2.21. The number of aryl methyl sites for hydroxylation is 2. The molecule has 0 saturated heterocycles. The van der Waals surface area contributed by atoms with E-state index >= 15 is 0 Å². The van der Waals surface area contributed by atoms with Gasteiger partial charge in [0.15, 0.2) is 0 Å². The Hall–Kier alpha value is -4.64. The fourth-order valence-electron chi connectivity index (χ4n) is 8.63. The topological polar surface area (TPSA) is 44.9 Å². The molecule has 3 heterocycles. The summed E-state index contributed by atoms with van der Waals surface area (Å²) in [5.41, 5.74) is 11.1. The molecule has 0 spiro atoms. The zero-order chi connectivity index (χ0) is 36.0. The third-order valence-electron chi connectivity index (χ3n) is 10.9. The summed E-state index contributed by atoms with van der Waals surface area (Å²) in [5, 5.41) is 7.67. The van der Waals surface area contributed by atoms with Crippen LogP contribution in [0.1, 0.15) is 120 Å². The molecule has 0 saturated carbocycles. The summed E-state index contributed by atoms with van der Waals surface area (Å²) in [4.78, 5) is 4.87. The molecule has 3 aromatic carbocycles. The first-order valence-electron chi connectivity index (χ1n) is 19.1. The maximum atomic E-state index is 6.82. The number of nitrogens with zero attached hydrogens (tertiary/aromatic N) is 4. The molecule has 0 bridgehead atoms. The number of ether oxygens (including phenoxy) is 1. The molecule has 264 valence electrons. The van der Waals surface area contributed by atoms with Crippen LogP contribution in [0.15, 0.2) is 90.6 Å². The van der Waals surface area contributed by atoms with Gasteiger partial charge < -0.3 is 4.74 Å². The van der Waals surface area contributed by atoms with Crippen LogP contribution in [0.2, 0.25) is 0 Å². The van der Waals surface area contributed by atoms with Gasteiger partial charge in [-0.2, -0.15) is 5.10 Å². The number of hydrogen-bond acceptors (Lipinski definition) is 3. The van der Waals surface area contributed by atoms with Crippen LogP contribution in [0.5, 0.6) is 11.5 Å². The van der Waals surface area contributed by atoms with E-state index in [4.69, 9.17) is 14.8 Å². The van der Waals surface area contributed by atoms with Crippen LogP contribution in [-0.4, -0.2) is 19.3 Å². The normalized spacial score (nSPS) is 17.9. The maximum absolute atomic E-state index is 6.82. The van der Waals surface area contributed by atoms with Gasteiger partial charge in [0.05, 0.1) is 28.1 Å². The summed E-state index contributed by atoms with van der Waals surface area (Å²) >= 11 is 0. The van der Waals surface area contributed by atoms with Gasteiger partial charge >= 0.3 is 0 Å². The van der Waals surface area contributed by atoms with Crippen molar-refractivity contribution < 1.29 is 4.74 Å². The minimum atomic E-state index is 0.311. The third kappa shape index (κ3) is 6.64. The average Bonchev–Trinajstić information content (AvgIpc) is 3.61. The summed E-state index contributed by atoms with van der Waals surface area (Å²) in [6, 6.07) is 26.1. The Morgan fingerprint density at radius 2 is 1.63 bits per heavy atom. The summed E-state index contributed by atoms with van der Waals surface area (Å²) < 4.78 is 11.3. The van der Waals surface area contributed by atoms with Gasteiger partial charge in [-0.25, -0.2) is 9.67 Å². The van der Waals surface area contributed by atoms with E-state index in [0.717, 1.165) is 46.2 Å². The summed E-state index contributed by atoms with van der Waals surface area (Å²) in [7, 11) is 0. The molecule has 1 aliphatic rings. The molecule has 0 fully saturated rings. The summed E-state index contributed by atoms with van der Waals surface area (Å²) in [6.07, 6.45) is 9.02. The van der Waals surface area contributed by atoms with Crippen molar-refractivity contribution in [2.45, 2.75) is 106 Å². The number of benzene rings is 3. The molecule has 5 heteroatoms. The highest BCUT2D eigenvalue weighted by Gasteiger charge is 2.33. The van der Waals surface area contributed by atoms with Gasteiger partial charge in [0, 0.05) is 40.6 Å². The van der Waals surface area contributed by atoms with Crippen LogP contribution in [0.4, 0.5) is 0 Å². The highest BCUT2D eigenvalue weighted by molar-refractivity contribution is 6.09. The number of allylic oxidation sites excluding steroid dienone is 2. The number of hydrogen-bond donors (Lipinski definition) is 0. The molecule has 7 rings (SSSR count). The molecule has 51 heavy (non-hydrogen) atoms. The van der Waals surface area contributed by atoms with Crippen molar-refractivity contribution in [2.24, 2.45) is 11.8 Å². The van der Waals surface area contributed by atoms with Crippen molar-refractivity contribution in [3.05, 3.63) is 119 Å². The molecule has 5 nitrogen and oxygen atoms in total. The number of fused-ring (bicyclic) bond motifs is 3. The van der Waals surface area contributed by atoms with Crippen molar-refractivity contribution in [3.8, 4) is 23.0 Å². The Kier molecular flexibility index (Phi) is 9.67. The summed E-state index contributed by atoms with van der Waals surface area (Å²) in [5.74, 6) is 4.76. The predicted molar refractivity (Wildman–Crippen MR) is 213 cm³/mol. The van der Waals surface area contributed by atoms with Crippen molar-refractivity contribution in [1.82, 2.24) is 19.3 Å². The van der Waals surface area contributed by atoms with E-state index < -0.39 is 0 Å². The van der Waals surface area contributed by atoms with Gasteiger partial charge in [0.25, 0.3) is 0 Å². The van der Waals surface area contributed by atoms with E-state index in [1.807, 2.05) is 6.20 Å². The minimum absolute atomic E-state index is 0.311. The van der Waals surface area contributed by atoms with Crippen molar-refractivity contribution in [1.29, 1.82) is 0 Å². The number of aromatic nitrogens is 4. The van der Waals surface area contributed by atoms with E-state index in [9.17, 15) is 0 Å². The Balaban J connectivity index is 1.33. The summed E-state index contributed by atoms with van der Waals surface area (Å²) in [6.45, 7) is 20.6. The first-order valence-corrected chi connectivity index (χ1v) is 19.1. The van der Waals surface area contributed by atoms with Crippen LogP contribution < -0.4 is 4.74 Å². The molecule has 1 unspecified atom stereocenters. The van der Waals surface area contributed by atoms with Crippen LogP contribution in [0, 0.1) is 18.8 Å². The van der Waals surface area contributed by atoms with Gasteiger partial charge in [-0.3, -0.25) is 4.57 Å². The second-order valence-electron chi connectivity index (χ2n) is 15.7. The third-order valence-corrected chi connectivity index (χ3v) is 10.9. The molecule has 0 aliphatic heterocycles. The Morgan fingerprint density at radius 1 is 0.843 bits per heavy atom. The lowest BCUT2D eigenvalue weighted by Gasteiger charge is -2.33. The van der Waals surface area contributed by atoms with Gasteiger partial charge in [0.1, 0.15) is 17.3 Å². The first-order chi connectivity index (χ1) is 24.5. The van der Waals surface area contributed by atoms with Gasteiger partial charge in [-0.15, -0.1) is 0 Å². The molecule has 6 aromatic rings. The zero-order valence-corrected chi connectivity index (χ0v) is 32.0. The molecule has 0 N–H and O–H groups in total. The van der Waals surface area contributed by atoms with Crippen LogP contribution >= 0.6 is 0 Å². The number of pyridine rings is 1. The van der Waals surface area contributed by atoms with E-state index in [-0.39, 0.29) is 0 Å². The maximum Gasteiger partial charge on any atom is 0.137 e. The molecular formula is C46H54N4O. The molecule has 0 amide bonds. The first kappa shape index (κ1) is 34.8. The molecule has 3 aromatic heterocycles. The van der Waals surface area contributed by atoms with E-state index in [2.05, 4.69) is 150 Å². The number of unbranched alkanes of at least 4 members (excludes halogenated alkanes) is 1. The Bertz CT molecular complexity index is 2230. The average molecular weight is 679 g/mol. The molecule has 3 atom stereocenters. The lowest BCUT2D eigenvalue weighted by atomic mass is 9.71. The Labute approximate surface area is 304 Å². The molecule has 1 aliphatic carbocycles. The fraction of sp³-hybridized carbons (Fsp3) is 0.391. The Morgan fingerprint density at radius 3 is 2.37 bits per heavy atom. The van der Waals surface area contributed by atoms with Gasteiger partial charge in [-0.1, -0.05) is 84.7 Å². The largest absolute Gasteiger partial charge is 0.457 e.